The van der Waals surface area contributed by atoms with Crippen molar-refractivity contribution in [3.8, 4) is 0 Å². The van der Waals surface area contributed by atoms with Crippen LogP contribution in [0, 0.1) is 12.8 Å². The van der Waals surface area contributed by atoms with E-state index in [0.29, 0.717) is 25.9 Å². The number of aryl methyl sites for hydroxylation is 1. The standard InChI is InChI=1S/C21H22F3NO2/c1-14-6-8-15(9-7-14)19(25-12-10-16(11-13-25)20(26)27)17-4-2-3-5-18(17)21(22,23)24/h2-9,16,19H,10-13H2,1H3,(H,26,27). The lowest BCUT2D eigenvalue weighted by atomic mass is 9.89. The van der Waals surface area contributed by atoms with E-state index in [2.05, 4.69) is 0 Å². The van der Waals surface area contributed by atoms with Gasteiger partial charge in [-0.1, -0.05) is 48.0 Å². The minimum atomic E-state index is -4.45. The highest BCUT2D eigenvalue weighted by Gasteiger charge is 2.38. The zero-order valence-corrected chi connectivity index (χ0v) is 15.0. The molecule has 27 heavy (non-hydrogen) atoms. The number of carboxylic acid groups (broad SMARTS) is 1. The fourth-order valence-electron chi connectivity index (χ4n) is 3.73. The molecule has 1 aliphatic rings. The highest BCUT2D eigenvalue weighted by atomic mass is 19.4. The molecule has 3 nitrogen and oxygen atoms in total. The van der Waals surface area contributed by atoms with Crippen molar-refractivity contribution in [3.05, 3.63) is 70.8 Å². The molecule has 1 heterocycles. The molecule has 0 aliphatic carbocycles. The summed E-state index contributed by atoms with van der Waals surface area (Å²) in [6.07, 6.45) is -3.57. The van der Waals surface area contributed by atoms with Gasteiger partial charge in [-0.25, -0.2) is 0 Å². The third kappa shape index (κ3) is 4.33. The number of alkyl halides is 3. The Morgan fingerprint density at radius 3 is 2.22 bits per heavy atom. The van der Waals surface area contributed by atoms with Crippen molar-refractivity contribution >= 4 is 5.97 Å². The van der Waals surface area contributed by atoms with Crippen LogP contribution >= 0.6 is 0 Å². The molecule has 0 amide bonds. The summed E-state index contributed by atoms with van der Waals surface area (Å²) in [5.74, 6) is -1.27. The third-order valence-electron chi connectivity index (χ3n) is 5.20. The Hall–Kier alpha value is -2.34. The summed E-state index contributed by atoms with van der Waals surface area (Å²) in [5, 5.41) is 9.21. The van der Waals surface area contributed by atoms with Gasteiger partial charge < -0.3 is 5.11 Å². The summed E-state index contributed by atoms with van der Waals surface area (Å²) in [5.41, 5.74) is 1.39. The fraction of sp³-hybridized carbons (Fsp3) is 0.381. The minimum Gasteiger partial charge on any atom is -0.481 e. The molecular weight excluding hydrogens is 355 g/mol. The number of aliphatic carboxylic acids is 1. The fourth-order valence-corrected chi connectivity index (χ4v) is 3.73. The molecule has 2 aromatic carbocycles. The van der Waals surface area contributed by atoms with Crippen LogP contribution in [0.3, 0.4) is 0 Å². The molecule has 0 radical (unpaired) electrons. The van der Waals surface area contributed by atoms with Crippen LogP contribution < -0.4 is 0 Å². The van der Waals surface area contributed by atoms with Gasteiger partial charge in [-0.15, -0.1) is 0 Å². The van der Waals surface area contributed by atoms with Crippen LogP contribution in [0.2, 0.25) is 0 Å². The average molecular weight is 377 g/mol. The Labute approximate surface area is 156 Å². The number of likely N-dealkylation sites (tertiary alicyclic amines) is 1. The van der Waals surface area contributed by atoms with Crippen molar-refractivity contribution in [1.29, 1.82) is 0 Å². The smallest absolute Gasteiger partial charge is 0.416 e. The van der Waals surface area contributed by atoms with Gasteiger partial charge in [-0.2, -0.15) is 13.2 Å². The monoisotopic (exact) mass is 377 g/mol. The normalized spacial score (nSPS) is 17.6. The van der Waals surface area contributed by atoms with Gasteiger partial charge in [0.15, 0.2) is 0 Å². The zero-order valence-electron chi connectivity index (χ0n) is 15.0. The maximum absolute atomic E-state index is 13.6. The third-order valence-corrected chi connectivity index (χ3v) is 5.20. The first-order valence-electron chi connectivity index (χ1n) is 8.97. The summed E-state index contributed by atoms with van der Waals surface area (Å²) in [6, 6.07) is 12.6. The number of benzene rings is 2. The Bertz CT molecular complexity index is 794. The van der Waals surface area contributed by atoms with E-state index >= 15 is 0 Å². The first kappa shape index (κ1) is 19.4. The largest absolute Gasteiger partial charge is 0.481 e. The van der Waals surface area contributed by atoms with Crippen LogP contribution in [-0.2, 0) is 11.0 Å². The van der Waals surface area contributed by atoms with Crippen LogP contribution in [0.15, 0.2) is 48.5 Å². The summed E-state index contributed by atoms with van der Waals surface area (Å²) < 4.78 is 40.9. The molecule has 1 aliphatic heterocycles. The number of carbonyl (C=O) groups is 1. The number of hydrogen-bond donors (Lipinski definition) is 1. The van der Waals surface area contributed by atoms with Crippen LogP contribution in [0.4, 0.5) is 13.2 Å². The van der Waals surface area contributed by atoms with E-state index in [0.717, 1.165) is 17.2 Å². The lowest BCUT2D eigenvalue weighted by molar-refractivity contribution is -0.143. The predicted molar refractivity (Wildman–Crippen MR) is 96.4 cm³/mol. The molecule has 1 unspecified atom stereocenters. The van der Waals surface area contributed by atoms with E-state index in [4.69, 9.17) is 0 Å². The summed E-state index contributed by atoms with van der Waals surface area (Å²) in [7, 11) is 0. The minimum absolute atomic E-state index is 0.211. The van der Waals surface area contributed by atoms with Gasteiger partial charge >= 0.3 is 12.1 Å². The van der Waals surface area contributed by atoms with Gasteiger partial charge in [-0.05, 0) is 50.0 Å². The summed E-state index contributed by atoms with van der Waals surface area (Å²) in [6.45, 7) is 2.82. The second-order valence-electron chi connectivity index (χ2n) is 7.05. The lowest BCUT2D eigenvalue weighted by Gasteiger charge is -2.38. The van der Waals surface area contributed by atoms with Crippen LogP contribution in [0.5, 0.6) is 0 Å². The molecule has 0 saturated carbocycles. The lowest BCUT2D eigenvalue weighted by Crippen LogP contribution is -2.39. The van der Waals surface area contributed by atoms with Gasteiger partial charge in [0.1, 0.15) is 0 Å². The number of halogens is 3. The molecule has 6 heteroatoms. The number of rotatable bonds is 4. The van der Waals surface area contributed by atoms with Crippen LogP contribution in [0.1, 0.15) is 41.1 Å². The van der Waals surface area contributed by atoms with Crippen molar-refractivity contribution in [1.82, 2.24) is 4.90 Å². The van der Waals surface area contributed by atoms with E-state index in [1.165, 1.54) is 12.1 Å². The molecule has 0 spiro atoms. The molecule has 1 N–H and O–H groups in total. The average Bonchev–Trinajstić information content (AvgIpc) is 2.63. The molecule has 144 valence electrons. The van der Waals surface area contributed by atoms with Gasteiger partial charge in [-0.3, -0.25) is 9.69 Å². The first-order valence-corrected chi connectivity index (χ1v) is 8.97. The van der Waals surface area contributed by atoms with Crippen molar-refractivity contribution in [2.24, 2.45) is 5.92 Å². The Morgan fingerprint density at radius 1 is 1.07 bits per heavy atom. The van der Waals surface area contributed by atoms with Gasteiger partial charge in [0.2, 0.25) is 0 Å². The van der Waals surface area contributed by atoms with E-state index in [9.17, 15) is 23.1 Å². The van der Waals surface area contributed by atoms with E-state index in [1.54, 1.807) is 6.07 Å². The second kappa shape index (κ2) is 7.72. The van der Waals surface area contributed by atoms with E-state index in [1.807, 2.05) is 36.1 Å². The zero-order chi connectivity index (χ0) is 19.6. The number of nitrogens with zero attached hydrogens (tertiary/aromatic N) is 1. The van der Waals surface area contributed by atoms with Gasteiger partial charge in [0.05, 0.1) is 17.5 Å². The summed E-state index contributed by atoms with van der Waals surface area (Å²) in [4.78, 5) is 13.2. The van der Waals surface area contributed by atoms with Crippen LogP contribution in [-0.4, -0.2) is 29.1 Å². The molecule has 3 rings (SSSR count). The molecule has 0 aromatic heterocycles. The topological polar surface area (TPSA) is 40.5 Å². The molecule has 1 saturated heterocycles. The van der Waals surface area contributed by atoms with Crippen molar-refractivity contribution in [3.63, 3.8) is 0 Å². The van der Waals surface area contributed by atoms with Crippen LogP contribution in [0.25, 0.3) is 0 Å². The van der Waals surface area contributed by atoms with Crippen molar-refractivity contribution in [2.75, 3.05) is 13.1 Å². The van der Waals surface area contributed by atoms with Crippen molar-refractivity contribution < 1.29 is 23.1 Å². The number of piperidine rings is 1. The van der Waals surface area contributed by atoms with Gasteiger partial charge in [0.25, 0.3) is 0 Å². The molecule has 1 atom stereocenters. The SMILES string of the molecule is Cc1ccc(C(c2ccccc2C(F)(F)F)N2CCC(C(=O)O)CC2)cc1. The Balaban J connectivity index is 2.02. The second-order valence-corrected chi connectivity index (χ2v) is 7.05. The number of carboxylic acids is 1. The van der Waals surface area contributed by atoms with E-state index in [-0.39, 0.29) is 5.56 Å². The van der Waals surface area contributed by atoms with Gasteiger partial charge in [0, 0.05) is 0 Å². The molecule has 0 bridgehead atoms. The molecule has 1 fully saturated rings. The van der Waals surface area contributed by atoms with E-state index < -0.39 is 29.7 Å². The quantitative estimate of drug-likeness (QED) is 0.824. The maximum Gasteiger partial charge on any atom is 0.416 e. The predicted octanol–water partition coefficient (Wildman–Crippen LogP) is 4.90. The Kier molecular flexibility index (Phi) is 5.56. The summed E-state index contributed by atoms with van der Waals surface area (Å²) >= 11 is 0. The highest BCUT2D eigenvalue weighted by molar-refractivity contribution is 5.70. The first-order chi connectivity index (χ1) is 12.8. The molecular formula is C21H22F3NO2. The number of hydrogen-bond acceptors (Lipinski definition) is 2. The highest BCUT2D eigenvalue weighted by Crippen LogP contribution is 2.40. The van der Waals surface area contributed by atoms with Crippen molar-refractivity contribution in [2.45, 2.75) is 32.0 Å². The Morgan fingerprint density at radius 2 is 1.67 bits per heavy atom. The maximum atomic E-state index is 13.6. The molecule has 2 aromatic rings.